The third-order valence-electron chi connectivity index (χ3n) is 4.37. The van der Waals surface area contributed by atoms with E-state index in [1.165, 1.54) is 0 Å². The quantitative estimate of drug-likeness (QED) is 0.868. The van der Waals surface area contributed by atoms with Gasteiger partial charge in [0.25, 0.3) is 5.91 Å². The van der Waals surface area contributed by atoms with E-state index in [1.807, 2.05) is 17.0 Å². The van der Waals surface area contributed by atoms with Crippen molar-refractivity contribution in [3.8, 4) is 0 Å². The molecule has 0 saturated carbocycles. The average Bonchev–Trinajstić information content (AvgIpc) is 3.20. The normalized spacial score (nSPS) is 20.4. The number of likely N-dealkylation sites (tertiary alicyclic amines) is 1. The number of carbonyl (C=O) groups is 2. The highest BCUT2D eigenvalue weighted by atomic mass is 16.2. The maximum Gasteiger partial charge on any atom is 0.253 e. The molecule has 1 saturated heterocycles. The summed E-state index contributed by atoms with van der Waals surface area (Å²) in [6, 6.07) is 7.22. The van der Waals surface area contributed by atoms with Crippen LogP contribution in [0.2, 0.25) is 0 Å². The van der Waals surface area contributed by atoms with Gasteiger partial charge in [-0.05, 0) is 55.9 Å². The minimum atomic E-state index is 0.0372. The van der Waals surface area contributed by atoms with Gasteiger partial charge in [-0.15, -0.1) is 0 Å². The first-order valence-electron chi connectivity index (χ1n) is 8.08. The molecule has 0 aromatic heterocycles. The molecule has 1 fully saturated rings. The van der Waals surface area contributed by atoms with Crippen LogP contribution in [0.5, 0.6) is 0 Å². The predicted octanol–water partition coefficient (Wildman–Crippen LogP) is 3.22. The first-order valence-corrected chi connectivity index (χ1v) is 8.08. The van der Waals surface area contributed by atoms with Crippen LogP contribution in [0, 0.1) is 5.92 Å². The molecule has 1 aromatic carbocycles. The van der Waals surface area contributed by atoms with Crippen molar-refractivity contribution in [2.75, 3.05) is 18.4 Å². The third kappa shape index (κ3) is 3.56. The number of benzene rings is 1. The minimum absolute atomic E-state index is 0.0372. The zero-order chi connectivity index (χ0) is 15.4. The molecule has 1 aliphatic heterocycles. The van der Waals surface area contributed by atoms with Crippen LogP contribution in [-0.2, 0) is 4.79 Å². The Morgan fingerprint density at radius 3 is 2.50 bits per heavy atom. The van der Waals surface area contributed by atoms with Crippen LogP contribution in [0.15, 0.2) is 36.4 Å². The highest BCUT2D eigenvalue weighted by Crippen LogP contribution is 2.21. The topological polar surface area (TPSA) is 49.4 Å². The number of anilines is 1. The Morgan fingerprint density at radius 2 is 1.86 bits per heavy atom. The molecule has 4 nitrogen and oxygen atoms in total. The molecular weight excluding hydrogens is 276 g/mol. The van der Waals surface area contributed by atoms with Crippen LogP contribution in [0.25, 0.3) is 0 Å². The molecule has 1 N–H and O–H groups in total. The van der Waals surface area contributed by atoms with Gasteiger partial charge in [-0.3, -0.25) is 9.59 Å². The number of rotatable bonds is 4. The summed E-state index contributed by atoms with van der Waals surface area (Å²) in [5.41, 5.74) is 1.45. The van der Waals surface area contributed by atoms with E-state index in [0.29, 0.717) is 17.9 Å². The number of hydrogen-bond donors (Lipinski definition) is 1. The van der Waals surface area contributed by atoms with Gasteiger partial charge in [0, 0.05) is 30.8 Å². The van der Waals surface area contributed by atoms with Gasteiger partial charge >= 0.3 is 0 Å². The molecule has 1 heterocycles. The molecule has 0 radical (unpaired) electrons. The Bertz CT molecular complexity index is 571. The second-order valence-electron chi connectivity index (χ2n) is 6.09. The smallest absolute Gasteiger partial charge is 0.253 e. The number of nitrogens with zero attached hydrogens (tertiary/aromatic N) is 1. The van der Waals surface area contributed by atoms with E-state index in [-0.39, 0.29) is 11.8 Å². The second-order valence-corrected chi connectivity index (χ2v) is 6.09. The van der Waals surface area contributed by atoms with E-state index in [9.17, 15) is 9.59 Å². The summed E-state index contributed by atoms with van der Waals surface area (Å²) in [5.74, 6) is 0.498. The van der Waals surface area contributed by atoms with Crippen LogP contribution in [0.1, 0.15) is 42.5 Å². The van der Waals surface area contributed by atoms with Gasteiger partial charge in [0.1, 0.15) is 0 Å². The molecular formula is C18H22N2O2. The molecule has 4 heteroatoms. The zero-order valence-electron chi connectivity index (χ0n) is 12.8. The van der Waals surface area contributed by atoms with Crippen molar-refractivity contribution in [1.29, 1.82) is 0 Å². The number of hydrogen-bond acceptors (Lipinski definition) is 2. The lowest BCUT2D eigenvalue weighted by molar-refractivity contribution is -0.116. The van der Waals surface area contributed by atoms with Crippen LogP contribution in [0.3, 0.4) is 0 Å². The van der Waals surface area contributed by atoms with Crippen LogP contribution >= 0.6 is 0 Å². The van der Waals surface area contributed by atoms with Gasteiger partial charge in [0.15, 0.2) is 0 Å². The number of carbonyl (C=O) groups excluding carboxylic acids is 2. The fourth-order valence-corrected chi connectivity index (χ4v) is 3.11. The minimum Gasteiger partial charge on any atom is -0.339 e. The van der Waals surface area contributed by atoms with Crippen molar-refractivity contribution >= 4 is 17.5 Å². The van der Waals surface area contributed by atoms with Crippen molar-refractivity contribution in [3.63, 3.8) is 0 Å². The molecule has 1 aliphatic carbocycles. The summed E-state index contributed by atoms with van der Waals surface area (Å²) in [7, 11) is 0. The molecule has 0 unspecified atom stereocenters. The zero-order valence-corrected chi connectivity index (χ0v) is 12.8. The van der Waals surface area contributed by atoms with Crippen LogP contribution in [-0.4, -0.2) is 29.8 Å². The molecule has 0 spiro atoms. The Balaban J connectivity index is 1.55. The van der Waals surface area contributed by atoms with Gasteiger partial charge in [-0.1, -0.05) is 12.2 Å². The fourth-order valence-electron chi connectivity index (χ4n) is 3.11. The van der Waals surface area contributed by atoms with E-state index >= 15 is 0 Å². The molecule has 1 atom stereocenters. The van der Waals surface area contributed by atoms with Crippen molar-refractivity contribution in [2.45, 2.75) is 32.1 Å². The molecule has 2 amide bonds. The van der Waals surface area contributed by atoms with Crippen molar-refractivity contribution in [2.24, 2.45) is 5.92 Å². The Morgan fingerprint density at radius 1 is 1.14 bits per heavy atom. The maximum absolute atomic E-state index is 12.2. The lowest BCUT2D eigenvalue weighted by atomic mass is 10.0. The van der Waals surface area contributed by atoms with Crippen molar-refractivity contribution < 1.29 is 9.59 Å². The molecule has 3 rings (SSSR count). The Labute approximate surface area is 131 Å². The lowest BCUT2D eigenvalue weighted by Gasteiger charge is -2.15. The first kappa shape index (κ1) is 14.8. The van der Waals surface area contributed by atoms with Gasteiger partial charge in [0.2, 0.25) is 5.91 Å². The second kappa shape index (κ2) is 6.77. The monoisotopic (exact) mass is 298 g/mol. The molecule has 22 heavy (non-hydrogen) atoms. The SMILES string of the molecule is O=C(C[C@@H]1C=CCC1)Nc1ccc(C(=O)N2CCCC2)cc1. The van der Waals surface area contributed by atoms with E-state index in [1.54, 1.807) is 12.1 Å². The summed E-state index contributed by atoms with van der Waals surface area (Å²) in [6.45, 7) is 1.71. The average molecular weight is 298 g/mol. The van der Waals surface area contributed by atoms with E-state index in [4.69, 9.17) is 0 Å². The van der Waals surface area contributed by atoms with Gasteiger partial charge in [0.05, 0.1) is 0 Å². The summed E-state index contributed by atoms with van der Waals surface area (Å²) in [5, 5.41) is 2.91. The molecule has 0 bridgehead atoms. The molecule has 2 aliphatic rings. The van der Waals surface area contributed by atoms with Gasteiger partial charge in [-0.2, -0.15) is 0 Å². The van der Waals surface area contributed by atoms with Crippen molar-refractivity contribution in [1.82, 2.24) is 4.90 Å². The number of allylic oxidation sites excluding steroid dienone is 2. The maximum atomic E-state index is 12.2. The fraction of sp³-hybridized carbons (Fsp3) is 0.444. The standard InChI is InChI=1S/C18H22N2O2/c21-17(13-14-5-1-2-6-14)19-16-9-7-15(8-10-16)18(22)20-11-3-4-12-20/h1,5,7-10,14H,2-4,6,11-13H2,(H,19,21)/t14-/m1/s1. The Hall–Kier alpha value is -2.10. The first-order chi connectivity index (χ1) is 10.7. The number of amides is 2. The number of nitrogens with one attached hydrogen (secondary N) is 1. The predicted molar refractivity (Wildman–Crippen MR) is 86.7 cm³/mol. The van der Waals surface area contributed by atoms with E-state index in [2.05, 4.69) is 17.5 Å². The lowest BCUT2D eigenvalue weighted by Crippen LogP contribution is -2.27. The van der Waals surface area contributed by atoms with Crippen LogP contribution < -0.4 is 5.32 Å². The summed E-state index contributed by atoms with van der Waals surface area (Å²) in [6.07, 6.45) is 9.12. The summed E-state index contributed by atoms with van der Waals surface area (Å²) in [4.78, 5) is 26.1. The van der Waals surface area contributed by atoms with E-state index in [0.717, 1.165) is 44.5 Å². The summed E-state index contributed by atoms with van der Waals surface area (Å²) >= 11 is 0. The van der Waals surface area contributed by atoms with E-state index < -0.39 is 0 Å². The largest absolute Gasteiger partial charge is 0.339 e. The molecule has 116 valence electrons. The van der Waals surface area contributed by atoms with Gasteiger partial charge in [-0.25, -0.2) is 0 Å². The molecule has 1 aromatic rings. The third-order valence-corrected chi connectivity index (χ3v) is 4.37. The van der Waals surface area contributed by atoms with Gasteiger partial charge < -0.3 is 10.2 Å². The summed E-state index contributed by atoms with van der Waals surface area (Å²) < 4.78 is 0. The van der Waals surface area contributed by atoms with Crippen LogP contribution in [0.4, 0.5) is 5.69 Å². The highest BCUT2D eigenvalue weighted by Gasteiger charge is 2.19. The Kier molecular flexibility index (Phi) is 4.56. The highest BCUT2D eigenvalue weighted by molar-refractivity contribution is 5.96. The van der Waals surface area contributed by atoms with Crippen molar-refractivity contribution in [3.05, 3.63) is 42.0 Å².